The smallest absolute Gasteiger partial charge is 0.471 e. The predicted octanol–water partition coefficient (Wildman–Crippen LogP) is 0.887. The number of rotatable bonds is 6. The number of hydrogen-bond acceptors (Lipinski definition) is 3. The first-order valence-corrected chi connectivity index (χ1v) is 4.85. The lowest BCUT2D eigenvalue weighted by atomic mass is 10.2. The Balaban J connectivity index is 5.04. The van der Waals surface area contributed by atoms with Gasteiger partial charge in [0.1, 0.15) is 0 Å². The van der Waals surface area contributed by atoms with Gasteiger partial charge in [0.15, 0.2) is 6.04 Å². The highest BCUT2D eigenvalue weighted by molar-refractivity contribution is 5.87. The zero-order valence-electron chi connectivity index (χ0n) is 9.45. The van der Waals surface area contributed by atoms with Crippen LogP contribution in [0.15, 0.2) is 0 Å². The maximum atomic E-state index is 12.3. The van der Waals surface area contributed by atoms with Crippen molar-refractivity contribution < 1.29 is 32.6 Å². The summed E-state index contributed by atoms with van der Waals surface area (Å²) in [6.45, 7) is 0.762. The summed E-state index contributed by atoms with van der Waals surface area (Å²) in [4.78, 5) is 22.1. The lowest BCUT2D eigenvalue weighted by molar-refractivity contribution is -0.191. The first-order chi connectivity index (χ1) is 7.75. The molecule has 0 saturated carbocycles. The van der Waals surface area contributed by atoms with E-state index in [0.29, 0.717) is 0 Å². The molecule has 0 fully saturated rings. The Labute approximate surface area is 96.1 Å². The third kappa shape index (κ3) is 4.59. The molecule has 5 nitrogen and oxygen atoms in total. The average Bonchev–Trinajstić information content (AvgIpc) is 2.20. The van der Waals surface area contributed by atoms with Crippen LogP contribution >= 0.6 is 0 Å². The van der Waals surface area contributed by atoms with E-state index in [9.17, 15) is 22.8 Å². The lowest BCUT2D eigenvalue weighted by Crippen LogP contribution is -2.52. The minimum Gasteiger partial charge on any atom is -0.480 e. The molecule has 0 aromatic carbocycles. The molecule has 0 aliphatic heterocycles. The Morgan fingerprint density at radius 1 is 1.41 bits per heavy atom. The van der Waals surface area contributed by atoms with Gasteiger partial charge >= 0.3 is 18.1 Å². The molecule has 17 heavy (non-hydrogen) atoms. The Bertz CT molecular complexity index is 280. The van der Waals surface area contributed by atoms with Crippen molar-refractivity contribution >= 4 is 11.9 Å². The fraction of sp³-hybridized carbons (Fsp3) is 0.778. The van der Waals surface area contributed by atoms with Crippen molar-refractivity contribution in [1.82, 2.24) is 4.90 Å². The summed E-state index contributed by atoms with van der Waals surface area (Å²) >= 11 is 0. The van der Waals surface area contributed by atoms with Crippen LogP contribution in [0.3, 0.4) is 0 Å². The molecule has 0 aliphatic carbocycles. The molecule has 1 N–H and O–H groups in total. The number of ether oxygens (including phenoxy) is 1. The number of carboxylic acids is 1. The van der Waals surface area contributed by atoms with Crippen molar-refractivity contribution in [1.29, 1.82) is 0 Å². The number of amides is 1. The molecule has 0 heterocycles. The molecule has 1 amide bonds. The minimum absolute atomic E-state index is 0.218. The number of halogens is 3. The monoisotopic (exact) mass is 257 g/mol. The molecular formula is C9H14F3NO4. The molecule has 0 saturated heterocycles. The summed E-state index contributed by atoms with van der Waals surface area (Å²) in [5.74, 6) is -3.69. The van der Waals surface area contributed by atoms with Gasteiger partial charge in [-0.15, -0.1) is 0 Å². The van der Waals surface area contributed by atoms with Crippen molar-refractivity contribution in [2.75, 3.05) is 20.3 Å². The number of alkyl halides is 3. The molecule has 1 unspecified atom stereocenters. The summed E-state index contributed by atoms with van der Waals surface area (Å²) in [7, 11) is 1.15. The summed E-state index contributed by atoms with van der Waals surface area (Å²) < 4.78 is 41.3. The Kier molecular flexibility index (Phi) is 5.94. The van der Waals surface area contributed by atoms with Crippen LogP contribution in [0, 0.1) is 0 Å². The number of methoxy groups -OCH3 is 1. The molecular weight excluding hydrogens is 243 g/mol. The van der Waals surface area contributed by atoms with Gasteiger partial charge in [-0.1, -0.05) is 6.92 Å². The van der Waals surface area contributed by atoms with Gasteiger partial charge in [0, 0.05) is 13.7 Å². The van der Waals surface area contributed by atoms with E-state index in [-0.39, 0.29) is 17.9 Å². The van der Waals surface area contributed by atoms with Gasteiger partial charge < -0.3 is 14.7 Å². The molecule has 0 bridgehead atoms. The maximum absolute atomic E-state index is 12.3. The van der Waals surface area contributed by atoms with Crippen LogP contribution in [0.4, 0.5) is 13.2 Å². The standard InChI is InChI=1S/C9H14F3NO4/c1-3-4-13(8(16)9(10,11)12)6(5-17-2)7(14)15/h6H,3-5H2,1-2H3,(H,14,15). The summed E-state index contributed by atoms with van der Waals surface area (Å²) in [6, 6.07) is -1.63. The lowest BCUT2D eigenvalue weighted by Gasteiger charge is -2.28. The van der Waals surface area contributed by atoms with Gasteiger partial charge in [-0.05, 0) is 6.42 Å². The van der Waals surface area contributed by atoms with Crippen molar-refractivity contribution in [3.63, 3.8) is 0 Å². The Morgan fingerprint density at radius 3 is 2.24 bits per heavy atom. The summed E-state index contributed by atoms with van der Waals surface area (Å²) in [5, 5.41) is 8.77. The van der Waals surface area contributed by atoms with E-state index in [4.69, 9.17) is 5.11 Å². The molecule has 0 aromatic rings. The van der Waals surface area contributed by atoms with E-state index in [1.807, 2.05) is 0 Å². The van der Waals surface area contributed by atoms with E-state index in [1.54, 1.807) is 6.92 Å². The molecule has 0 radical (unpaired) electrons. The van der Waals surface area contributed by atoms with Crippen LogP contribution in [0.2, 0.25) is 0 Å². The number of carbonyl (C=O) groups excluding carboxylic acids is 1. The SMILES string of the molecule is CCCN(C(=O)C(F)(F)F)C(COC)C(=O)O. The number of hydrogen-bond donors (Lipinski definition) is 1. The minimum atomic E-state index is -5.09. The maximum Gasteiger partial charge on any atom is 0.471 e. The quantitative estimate of drug-likeness (QED) is 0.767. The average molecular weight is 257 g/mol. The van der Waals surface area contributed by atoms with E-state index in [1.165, 1.54) is 0 Å². The van der Waals surface area contributed by atoms with E-state index >= 15 is 0 Å². The number of carbonyl (C=O) groups is 2. The fourth-order valence-electron chi connectivity index (χ4n) is 1.26. The second kappa shape index (κ2) is 6.43. The first kappa shape index (κ1) is 15.7. The van der Waals surface area contributed by atoms with Gasteiger partial charge in [-0.3, -0.25) is 4.79 Å². The molecule has 100 valence electrons. The topological polar surface area (TPSA) is 66.8 Å². The first-order valence-electron chi connectivity index (χ1n) is 4.85. The Hall–Kier alpha value is -1.31. The number of carboxylic acid groups (broad SMARTS) is 1. The molecule has 8 heteroatoms. The highest BCUT2D eigenvalue weighted by Gasteiger charge is 2.45. The van der Waals surface area contributed by atoms with Crippen molar-refractivity contribution in [3.8, 4) is 0 Å². The largest absolute Gasteiger partial charge is 0.480 e. The third-order valence-electron chi connectivity index (χ3n) is 1.95. The number of aliphatic carboxylic acids is 1. The van der Waals surface area contributed by atoms with Crippen LogP contribution in [0.1, 0.15) is 13.3 Å². The molecule has 0 spiro atoms. The fourth-order valence-corrected chi connectivity index (χ4v) is 1.26. The van der Waals surface area contributed by atoms with Crippen LogP contribution in [0.5, 0.6) is 0 Å². The third-order valence-corrected chi connectivity index (χ3v) is 1.95. The molecule has 0 rings (SSSR count). The highest BCUT2D eigenvalue weighted by Crippen LogP contribution is 2.20. The van der Waals surface area contributed by atoms with Gasteiger partial charge in [0.2, 0.25) is 0 Å². The highest BCUT2D eigenvalue weighted by atomic mass is 19.4. The zero-order valence-corrected chi connectivity index (χ0v) is 9.45. The zero-order chi connectivity index (χ0) is 13.6. The van der Waals surface area contributed by atoms with Crippen LogP contribution in [-0.2, 0) is 14.3 Å². The van der Waals surface area contributed by atoms with E-state index in [0.717, 1.165) is 7.11 Å². The van der Waals surface area contributed by atoms with Crippen LogP contribution in [0.25, 0.3) is 0 Å². The van der Waals surface area contributed by atoms with Crippen molar-refractivity contribution in [2.24, 2.45) is 0 Å². The second-order valence-electron chi connectivity index (χ2n) is 3.31. The number of nitrogens with zero attached hydrogens (tertiary/aromatic N) is 1. The van der Waals surface area contributed by atoms with Gasteiger partial charge in [0.25, 0.3) is 0 Å². The van der Waals surface area contributed by atoms with Crippen LogP contribution in [-0.4, -0.2) is 54.4 Å². The van der Waals surface area contributed by atoms with E-state index in [2.05, 4.69) is 4.74 Å². The van der Waals surface area contributed by atoms with Gasteiger partial charge in [-0.25, -0.2) is 4.79 Å². The molecule has 0 aliphatic rings. The molecule has 0 aromatic heterocycles. The second-order valence-corrected chi connectivity index (χ2v) is 3.31. The predicted molar refractivity (Wildman–Crippen MR) is 51.4 cm³/mol. The summed E-state index contributed by atoms with van der Waals surface area (Å²) in [5.41, 5.74) is 0. The van der Waals surface area contributed by atoms with E-state index < -0.39 is 30.7 Å². The molecule has 1 atom stereocenters. The van der Waals surface area contributed by atoms with Crippen molar-refractivity contribution in [3.05, 3.63) is 0 Å². The van der Waals surface area contributed by atoms with Gasteiger partial charge in [0.05, 0.1) is 6.61 Å². The van der Waals surface area contributed by atoms with Crippen molar-refractivity contribution in [2.45, 2.75) is 25.6 Å². The van der Waals surface area contributed by atoms with Crippen LogP contribution < -0.4 is 0 Å². The summed E-state index contributed by atoms with van der Waals surface area (Å²) in [6.07, 6.45) is -4.87. The van der Waals surface area contributed by atoms with Gasteiger partial charge in [-0.2, -0.15) is 13.2 Å². The normalized spacial score (nSPS) is 13.2. The Morgan fingerprint density at radius 2 is 1.94 bits per heavy atom.